The summed E-state index contributed by atoms with van der Waals surface area (Å²) in [6.07, 6.45) is 2.44. The molecule has 2 aliphatic heterocycles. The molecule has 0 aromatic heterocycles. The Morgan fingerprint density at radius 2 is 2.03 bits per heavy atom. The van der Waals surface area contributed by atoms with Crippen LogP contribution in [0.3, 0.4) is 0 Å². The average molecular weight is 459 g/mol. The van der Waals surface area contributed by atoms with Crippen LogP contribution in [0, 0.1) is 5.92 Å². The Labute approximate surface area is 196 Å². The molecule has 0 unspecified atom stereocenters. The fraction of sp³-hybridized carbons (Fsp3) is 0.731. The predicted octanol–water partition coefficient (Wildman–Crippen LogP) is 2.50. The Bertz CT molecular complexity index is 972. The minimum absolute atomic E-state index is 0.00745. The molecule has 6 atom stereocenters. The van der Waals surface area contributed by atoms with E-state index in [0.29, 0.717) is 18.6 Å². The maximum atomic E-state index is 13.1. The number of benzene rings is 1. The highest BCUT2D eigenvalue weighted by molar-refractivity contribution is 5.76. The normalized spacial score (nSPS) is 35.7. The number of likely N-dealkylation sites (N-methyl/N-ethyl adjacent to an activating group) is 1. The van der Waals surface area contributed by atoms with Crippen molar-refractivity contribution in [2.24, 2.45) is 5.92 Å². The summed E-state index contributed by atoms with van der Waals surface area (Å²) in [5.41, 5.74) is 0.0395. The summed E-state index contributed by atoms with van der Waals surface area (Å²) in [6.45, 7) is 10.5. The first kappa shape index (κ1) is 22.9. The second-order valence-corrected chi connectivity index (χ2v) is 11.9. The molecule has 182 valence electrons. The van der Waals surface area contributed by atoms with E-state index in [0.717, 1.165) is 30.5 Å². The van der Waals surface area contributed by atoms with E-state index in [4.69, 9.17) is 9.47 Å². The van der Waals surface area contributed by atoms with Crippen molar-refractivity contribution in [1.29, 1.82) is 0 Å². The van der Waals surface area contributed by atoms with Crippen LogP contribution in [0.1, 0.15) is 65.0 Å². The third-order valence-electron chi connectivity index (χ3n) is 8.45. The summed E-state index contributed by atoms with van der Waals surface area (Å²) in [5, 5.41) is 26.6. The maximum Gasteiger partial charge on any atom is 0.323 e. The van der Waals surface area contributed by atoms with E-state index in [-0.39, 0.29) is 35.8 Å². The Balaban J connectivity index is 1.55. The quantitative estimate of drug-likeness (QED) is 0.597. The van der Waals surface area contributed by atoms with Gasteiger partial charge in [-0.15, -0.1) is 0 Å². The number of carbonyl (C=O) groups excluding carboxylic acids is 1. The SMILES string of the molecule is CC(C)[C@H](N[C@H]1CC[C@@]2(O)[C@H]3Cc4ccc(O)c5c4[C@@]2(CCN3C)[C@H]1O5)C(=O)OC(C)(C)C. The third-order valence-corrected chi connectivity index (χ3v) is 8.45. The van der Waals surface area contributed by atoms with Crippen molar-refractivity contribution in [3.63, 3.8) is 0 Å². The molecule has 1 saturated carbocycles. The first-order chi connectivity index (χ1) is 15.4. The van der Waals surface area contributed by atoms with Crippen LogP contribution < -0.4 is 10.1 Å². The first-order valence-corrected chi connectivity index (χ1v) is 12.3. The van der Waals surface area contributed by atoms with Crippen molar-refractivity contribution in [3.05, 3.63) is 23.3 Å². The van der Waals surface area contributed by atoms with Gasteiger partial charge in [0.2, 0.25) is 0 Å². The number of phenols is 1. The van der Waals surface area contributed by atoms with Gasteiger partial charge in [-0.05, 0) is 77.6 Å². The average Bonchev–Trinajstić information content (AvgIpc) is 3.06. The van der Waals surface area contributed by atoms with Crippen molar-refractivity contribution < 1.29 is 24.5 Å². The lowest BCUT2D eigenvalue weighted by atomic mass is 9.48. The molecule has 2 heterocycles. The number of piperidine rings is 1. The van der Waals surface area contributed by atoms with Crippen LogP contribution in [-0.2, 0) is 21.4 Å². The molecule has 1 spiro atoms. The summed E-state index contributed by atoms with van der Waals surface area (Å²) in [6, 6.07) is 3.08. The number of hydrogen-bond donors (Lipinski definition) is 3. The van der Waals surface area contributed by atoms with Crippen molar-refractivity contribution >= 4 is 5.97 Å². The fourth-order valence-corrected chi connectivity index (χ4v) is 7.05. The predicted molar refractivity (Wildman–Crippen MR) is 125 cm³/mol. The van der Waals surface area contributed by atoms with Gasteiger partial charge in [-0.2, -0.15) is 0 Å². The number of nitrogens with zero attached hydrogens (tertiary/aromatic N) is 1. The number of aliphatic hydroxyl groups is 1. The number of esters is 1. The van der Waals surface area contributed by atoms with Gasteiger partial charge in [-0.25, -0.2) is 0 Å². The topological polar surface area (TPSA) is 91.3 Å². The maximum absolute atomic E-state index is 13.1. The minimum Gasteiger partial charge on any atom is -0.504 e. The van der Waals surface area contributed by atoms with Gasteiger partial charge in [0.15, 0.2) is 11.5 Å². The highest BCUT2D eigenvalue weighted by Gasteiger charge is 2.72. The van der Waals surface area contributed by atoms with E-state index in [2.05, 4.69) is 17.3 Å². The van der Waals surface area contributed by atoms with Crippen LogP contribution in [-0.4, -0.2) is 70.1 Å². The molecule has 1 saturated heterocycles. The van der Waals surface area contributed by atoms with Crippen molar-refractivity contribution in [1.82, 2.24) is 10.2 Å². The lowest BCUT2D eigenvalue weighted by Crippen LogP contribution is -2.78. The lowest BCUT2D eigenvalue weighted by molar-refractivity contribution is -0.188. The molecule has 2 bridgehead atoms. The largest absolute Gasteiger partial charge is 0.504 e. The molecule has 3 N–H and O–H groups in total. The smallest absolute Gasteiger partial charge is 0.323 e. The van der Waals surface area contributed by atoms with Crippen molar-refractivity contribution in [2.45, 2.75) is 101 Å². The summed E-state index contributed by atoms with van der Waals surface area (Å²) in [4.78, 5) is 15.3. The van der Waals surface area contributed by atoms with Crippen LogP contribution in [0.15, 0.2) is 12.1 Å². The molecule has 33 heavy (non-hydrogen) atoms. The summed E-state index contributed by atoms with van der Waals surface area (Å²) >= 11 is 0. The van der Waals surface area contributed by atoms with E-state index in [1.54, 1.807) is 6.07 Å². The van der Waals surface area contributed by atoms with Crippen LogP contribution in [0.4, 0.5) is 0 Å². The van der Waals surface area contributed by atoms with Crippen LogP contribution in [0.2, 0.25) is 0 Å². The lowest BCUT2D eigenvalue weighted by Gasteiger charge is -2.63. The Hall–Kier alpha value is -1.83. The second-order valence-electron chi connectivity index (χ2n) is 11.9. The van der Waals surface area contributed by atoms with Gasteiger partial charge in [0.1, 0.15) is 17.7 Å². The Kier molecular flexibility index (Phi) is 5.10. The summed E-state index contributed by atoms with van der Waals surface area (Å²) in [7, 11) is 2.09. The summed E-state index contributed by atoms with van der Waals surface area (Å²) in [5.74, 6) is 0.414. The van der Waals surface area contributed by atoms with E-state index in [9.17, 15) is 15.0 Å². The number of phenolic OH excluding ortho intramolecular Hbond substituents is 1. The molecular formula is C26H38N2O5. The van der Waals surface area contributed by atoms with E-state index >= 15 is 0 Å². The monoisotopic (exact) mass is 458 g/mol. The minimum atomic E-state index is -0.936. The van der Waals surface area contributed by atoms with Gasteiger partial charge in [-0.1, -0.05) is 19.9 Å². The zero-order valence-corrected chi connectivity index (χ0v) is 20.6. The van der Waals surface area contributed by atoms with Gasteiger partial charge in [0.05, 0.1) is 11.0 Å². The third kappa shape index (κ3) is 3.15. The van der Waals surface area contributed by atoms with Gasteiger partial charge in [0, 0.05) is 17.6 Å². The van der Waals surface area contributed by atoms with Gasteiger partial charge in [0.25, 0.3) is 0 Å². The Morgan fingerprint density at radius 1 is 1.30 bits per heavy atom. The molecule has 1 aromatic rings. The molecule has 0 radical (unpaired) electrons. The number of likely N-dealkylation sites (tertiary alicyclic amines) is 1. The van der Waals surface area contributed by atoms with Gasteiger partial charge >= 0.3 is 5.97 Å². The zero-order chi connectivity index (χ0) is 23.9. The summed E-state index contributed by atoms with van der Waals surface area (Å²) < 4.78 is 12.3. The standard InChI is InChI=1S/C26H38N2O5/c1-14(2)20(23(30)33-24(3,4)5)27-16-9-10-26(31)18-13-15-7-8-17(29)21-19(15)25(26,22(16)32-21)11-12-28(18)6/h7-8,14,16,18,20,22,27,29,31H,9-13H2,1-6H3/t16-,18+,20-,22-,25-,26+/m0/s1. The number of aromatic hydroxyl groups is 1. The van der Waals surface area contributed by atoms with Gasteiger partial charge < -0.3 is 24.6 Å². The number of rotatable bonds is 4. The number of hydrogen-bond acceptors (Lipinski definition) is 7. The highest BCUT2D eigenvalue weighted by Crippen LogP contribution is 2.65. The Morgan fingerprint density at radius 3 is 2.70 bits per heavy atom. The molecule has 2 aliphatic carbocycles. The van der Waals surface area contributed by atoms with Gasteiger partial charge in [-0.3, -0.25) is 10.1 Å². The van der Waals surface area contributed by atoms with Crippen LogP contribution >= 0.6 is 0 Å². The number of carbonyl (C=O) groups is 1. The molecule has 0 amide bonds. The first-order valence-electron chi connectivity index (χ1n) is 12.3. The number of nitrogens with one attached hydrogen (secondary N) is 1. The molecule has 2 fully saturated rings. The highest BCUT2D eigenvalue weighted by atomic mass is 16.6. The molecule has 7 nitrogen and oxygen atoms in total. The molecule has 7 heteroatoms. The van der Waals surface area contributed by atoms with Crippen LogP contribution in [0.25, 0.3) is 0 Å². The van der Waals surface area contributed by atoms with Crippen molar-refractivity contribution in [2.75, 3.05) is 13.6 Å². The van der Waals surface area contributed by atoms with E-state index in [1.165, 1.54) is 0 Å². The van der Waals surface area contributed by atoms with Crippen LogP contribution in [0.5, 0.6) is 11.5 Å². The molecular weight excluding hydrogens is 420 g/mol. The molecule has 1 aromatic carbocycles. The fourth-order valence-electron chi connectivity index (χ4n) is 7.05. The second kappa shape index (κ2) is 7.33. The zero-order valence-electron chi connectivity index (χ0n) is 20.6. The van der Waals surface area contributed by atoms with E-state index < -0.39 is 22.7 Å². The van der Waals surface area contributed by atoms with E-state index in [1.807, 2.05) is 40.7 Å². The van der Waals surface area contributed by atoms with Crippen molar-refractivity contribution in [3.8, 4) is 11.5 Å². The molecule has 4 aliphatic rings. The number of ether oxygens (including phenoxy) is 2. The molecule has 5 rings (SSSR count).